The second-order valence-corrected chi connectivity index (χ2v) is 7.95. The number of anilines is 2. The van der Waals surface area contributed by atoms with Crippen molar-refractivity contribution in [3.05, 3.63) is 34.5 Å². The van der Waals surface area contributed by atoms with E-state index in [1.165, 1.54) is 11.3 Å². The summed E-state index contributed by atoms with van der Waals surface area (Å²) in [6, 6.07) is 5.28. The predicted octanol–water partition coefficient (Wildman–Crippen LogP) is 3.41. The smallest absolute Gasteiger partial charge is 0.266 e. The molecule has 0 radical (unpaired) electrons. The first-order valence-corrected chi connectivity index (χ1v) is 10.5. The van der Waals surface area contributed by atoms with Crippen molar-refractivity contribution in [3.63, 3.8) is 0 Å². The van der Waals surface area contributed by atoms with Crippen LogP contribution in [0.4, 0.5) is 11.5 Å². The number of ether oxygens (including phenoxy) is 3. The quantitative estimate of drug-likeness (QED) is 0.666. The van der Waals surface area contributed by atoms with Gasteiger partial charge in [-0.2, -0.15) is 0 Å². The first kappa shape index (κ1) is 20.4. The van der Waals surface area contributed by atoms with E-state index in [1.54, 1.807) is 32.4 Å². The van der Waals surface area contributed by atoms with E-state index in [1.807, 2.05) is 13.8 Å². The largest absolute Gasteiger partial charge is 0.497 e. The Morgan fingerprint density at radius 2 is 1.93 bits per heavy atom. The molecule has 9 heteroatoms. The van der Waals surface area contributed by atoms with Crippen LogP contribution in [0, 0.1) is 13.8 Å². The number of rotatable bonds is 5. The molecule has 1 fully saturated rings. The number of methoxy groups -OCH3 is 2. The molecule has 3 heterocycles. The number of thiophene rings is 1. The molecular weight excluding hydrogens is 404 g/mol. The second-order valence-electron chi connectivity index (χ2n) is 6.95. The average molecular weight is 429 g/mol. The lowest BCUT2D eigenvalue weighted by atomic mass is 10.1. The number of amides is 1. The number of carbonyl (C=O) groups excluding carboxylic acids is 1. The lowest BCUT2D eigenvalue weighted by molar-refractivity contribution is 0.102. The van der Waals surface area contributed by atoms with Crippen molar-refractivity contribution in [2.24, 2.45) is 0 Å². The van der Waals surface area contributed by atoms with E-state index < -0.39 is 0 Å². The number of nitrogens with zero attached hydrogens (tertiary/aromatic N) is 3. The number of aryl methyl sites for hydroxylation is 2. The summed E-state index contributed by atoms with van der Waals surface area (Å²) in [5.41, 5.74) is 1.42. The number of carbonyl (C=O) groups is 1. The Balaban J connectivity index is 1.73. The SMILES string of the molecule is COc1ccc(OC)c(NC(=O)c2sc3nc(C)nc(N4CCOCC4)c3c2C)c1. The van der Waals surface area contributed by atoms with Crippen LogP contribution in [0.1, 0.15) is 21.1 Å². The molecule has 1 amide bonds. The number of benzene rings is 1. The molecule has 30 heavy (non-hydrogen) atoms. The number of morpholine rings is 1. The van der Waals surface area contributed by atoms with Crippen molar-refractivity contribution >= 4 is 39.0 Å². The monoisotopic (exact) mass is 428 g/mol. The minimum atomic E-state index is -0.215. The summed E-state index contributed by atoms with van der Waals surface area (Å²) in [6.45, 7) is 6.68. The molecule has 0 spiro atoms. The van der Waals surface area contributed by atoms with Crippen LogP contribution in [0.3, 0.4) is 0 Å². The molecule has 158 valence electrons. The first-order chi connectivity index (χ1) is 14.5. The summed E-state index contributed by atoms with van der Waals surface area (Å²) < 4.78 is 16.1. The van der Waals surface area contributed by atoms with Crippen LogP contribution in [0.15, 0.2) is 18.2 Å². The van der Waals surface area contributed by atoms with Gasteiger partial charge in [0.25, 0.3) is 5.91 Å². The Labute approximate surface area is 178 Å². The molecule has 2 aromatic heterocycles. The van der Waals surface area contributed by atoms with E-state index >= 15 is 0 Å². The van der Waals surface area contributed by atoms with Gasteiger partial charge in [-0.3, -0.25) is 4.79 Å². The standard InChI is InChI=1S/C21H24N4O4S/c1-12-17-19(25-7-9-29-10-8-25)22-13(2)23-21(17)30-18(12)20(26)24-15-11-14(27-3)5-6-16(15)28-4/h5-6,11H,7-10H2,1-4H3,(H,24,26). The van der Waals surface area contributed by atoms with Gasteiger partial charge in [0.1, 0.15) is 28.0 Å². The highest BCUT2D eigenvalue weighted by Crippen LogP contribution is 2.37. The lowest BCUT2D eigenvalue weighted by Crippen LogP contribution is -2.37. The normalized spacial score (nSPS) is 14.1. The van der Waals surface area contributed by atoms with Gasteiger partial charge in [0.15, 0.2) is 0 Å². The molecule has 1 aromatic carbocycles. The molecule has 0 saturated carbocycles. The molecule has 3 aromatic rings. The maximum Gasteiger partial charge on any atom is 0.266 e. The molecule has 0 bridgehead atoms. The van der Waals surface area contributed by atoms with Crippen molar-refractivity contribution in [3.8, 4) is 11.5 Å². The van der Waals surface area contributed by atoms with Gasteiger partial charge in [-0.25, -0.2) is 9.97 Å². The van der Waals surface area contributed by atoms with Gasteiger partial charge in [-0.05, 0) is 31.5 Å². The Bertz CT molecular complexity index is 1090. The molecule has 0 aliphatic carbocycles. The second kappa shape index (κ2) is 8.45. The highest BCUT2D eigenvalue weighted by Gasteiger charge is 2.24. The van der Waals surface area contributed by atoms with Crippen molar-refractivity contribution in [1.82, 2.24) is 9.97 Å². The molecular formula is C21H24N4O4S. The number of hydrogen-bond acceptors (Lipinski definition) is 8. The van der Waals surface area contributed by atoms with E-state index in [0.29, 0.717) is 41.1 Å². The molecule has 1 aliphatic rings. The van der Waals surface area contributed by atoms with Gasteiger partial charge in [0, 0.05) is 19.2 Å². The van der Waals surface area contributed by atoms with Crippen LogP contribution in [0.25, 0.3) is 10.2 Å². The van der Waals surface area contributed by atoms with Crippen molar-refractivity contribution < 1.29 is 19.0 Å². The van der Waals surface area contributed by atoms with Crippen LogP contribution in [-0.2, 0) is 4.74 Å². The summed E-state index contributed by atoms with van der Waals surface area (Å²) in [6.07, 6.45) is 0. The van der Waals surface area contributed by atoms with Crippen LogP contribution >= 0.6 is 11.3 Å². The van der Waals surface area contributed by atoms with E-state index in [-0.39, 0.29) is 5.91 Å². The topological polar surface area (TPSA) is 85.8 Å². The number of aromatic nitrogens is 2. The van der Waals surface area contributed by atoms with Crippen molar-refractivity contribution in [2.75, 3.05) is 50.7 Å². The zero-order valence-electron chi connectivity index (χ0n) is 17.4. The zero-order chi connectivity index (χ0) is 21.3. The third-order valence-electron chi connectivity index (χ3n) is 5.05. The van der Waals surface area contributed by atoms with E-state index in [0.717, 1.165) is 34.7 Å². The Morgan fingerprint density at radius 1 is 1.17 bits per heavy atom. The number of fused-ring (bicyclic) bond motifs is 1. The first-order valence-electron chi connectivity index (χ1n) is 9.65. The summed E-state index contributed by atoms with van der Waals surface area (Å²) in [5, 5.41) is 3.88. The molecule has 1 saturated heterocycles. The van der Waals surface area contributed by atoms with Gasteiger partial charge in [0.2, 0.25) is 0 Å². The molecule has 4 rings (SSSR count). The number of nitrogens with one attached hydrogen (secondary N) is 1. The minimum absolute atomic E-state index is 0.215. The van der Waals surface area contributed by atoms with Gasteiger partial charge in [-0.15, -0.1) is 11.3 Å². The van der Waals surface area contributed by atoms with Gasteiger partial charge < -0.3 is 24.4 Å². The highest BCUT2D eigenvalue weighted by molar-refractivity contribution is 7.20. The van der Waals surface area contributed by atoms with E-state index in [2.05, 4.69) is 15.2 Å². The third kappa shape index (κ3) is 3.78. The van der Waals surface area contributed by atoms with Crippen molar-refractivity contribution in [1.29, 1.82) is 0 Å². The fourth-order valence-corrected chi connectivity index (χ4v) is 4.65. The van der Waals surface area contributed by atoms with E-state index in [9.17, 15) is 4.79 Å². The molecule has 8 nitrogen and oxygen atoms in total. The summed E-state index contributed by atoms with van der Waals surface area (Å²) in [5.74, 6) is 2.54. The molecule has 0 unspecified atom stereocenters. The highest BCUT2D eigenvalue weighted by atomic mass is 32.1. The molecule has 1 N–H and O–H groups in total. The van der Waals surface area contributed by atoms with Gasteiger partial charge in [0.05, 0.1) is 43.4 Å². The van der Waals surface area contributed by atoms with E-state index in [4.69, 9.17) is 19.2 Å². The maximum atomic E-state index is 13.2. The third-order valence-corrected chi connectivity index (χ3v) is 6.24. The van der Waals surface area contributed by atoms with Crippen LogP contribution in [0.2, 0.25) is 0 Å². The van der Waals surface area contributed by atoms with Crippen molar-refractivity contribution in [2.45, 2.75) is 13.8 Å². The summed E-state index contributed by atoms with van der Waals surface area (Å²) in [4.78, 5) is 26.1. The van der Waals surface area contributed by atoms with Gasteiger partial charge in [-0.1, -0.05) is 0 Å². The minimum Gasteiger partial charge on any atom is -0.497 e. The average Bonchev–Trinajstić information content (AvgIpc) is 3.10. The summed E-state index contributed by atoms with van der Waals surface area (Å²) in [7, 11) is 3.15. The zero-order valence-corrected chi connectivity index (χ0v) is 18.3. The van der Waals surface area contributed by atoms with Crippen LogP contribution in [-0.4, -0.2) is 56.4 Å². The van der Waals surface area contributed by atoms with Crippen LogP contribution in [0.5, 0.6) is 11.5 Å². The Morgan fingerprint density at radius 3 is 2.63 bits per heavy atom. The molecule has 0 atom stereocenters. The molecule has 1 aliphatic heterocycles. The Kier molecular flexibility index (Phi) is 5.74. The fraction of sp³-hybridized carbons (Fsp3) is 0.381. The number of hydrogen-bond donors (Lipinski definition) is 1. The van der Waals surface area contributed by atoms with Crippen LogP contribution < -0.4 is 19.7 Å². The Hall–Kier alpha value is -2.91. The predicted molar refractivity (Wildman–Crippen MR) is 117 cm³/mol. The van der Waals surface area contributed by atoms with Gasteiger partial charge >= 0.3 is 0 Å². The lowest BCUT2D eigenvalue weighted by Gasteiger charge is -2.28. The fourth-order valence-electron chi connectivity index (χ4n) is 3.53. The maximum absolute atomic E-state index is 13.2. The summed E-state index contributed by atoms with van der Waals surface area (Å²) >= 11 is 1.37.